The zero-order valence-electron chi connectivity index (χ0n) is 8.07. The number of alkyl halides is 1. The number of nitro groups is 1. The molecule has 0 atom stereocenters. The van der Waals surface area contributed by atoms with Gasteiger partial charge in [0.2, 0.25) is 0 Å². The number of halogens is 1. The van der Waals surface area contributed by atoms with Gasteiger partial charge in [0.25, 0.3) is 0 Å². The summed E-state index contributed by atoms with van der Waals surface area (Å²) in [6.07, 6.45) is 5.35. The van der Waals surface area contributed by atoms with Crippen LogP contribution in [0.5, 0.6) is 0 Å². The molecule has 0 bridgehead atoms. The SMILES string of the molecule is CCCCCBr.O=[N+]([O-])c1ccn[nH]1. The maximum atomic E-state index is 9.80. The van der Waals surface area contributed by atoms with Gasteiger partial charge in [-0.15, -0.1) is 5.10 Å². The average molecular weight is 264 g/mol. The van der Waals surface area contributed by atoms with Crippen LogP contribution >= 0.6 is 15.9 Å². The summed E-state index contributed by atoms with van der Waals surface area (Å²) in [4.78, 5) is 9.26. The lowest BCUT2D eigenvalue weighted by molar-refractivity contribution is -0.389. The second-order valence-electron chi connectivity index (χ2n) is 2.60. The lowest BCUT2D eigenvalue weighted by Crippen LogP contribution is -1.86. The van der Waals surface area contributed by atoms with Gasteiger partial charge in [-0.3, -0.25) is 0 Å². The van der Waals surface area contributed by atoms with Gasteiger partial charge in [0.1, 0.15) is 0 Å². The third-order valence-electron chi connectivity index (χ3n) is 1.42. The average Bonchev–Trinajstić information content (AvgIpc) is 2.68. The molecule has 0 radical (unpaired) electrons. The van der Waals surface area contributed by atoms with E-state index in [0.717, 1.165) is 0 Å². The highest BCUT2D eigenvalue weighted by molar-refractivity contribution is 9.09. The van der Waals surface area contributed by atoms with E-state index in [9.17, 15) is 10.1 Å². The smallest absolute Gasteiger partial charge is 0.342 e. The molecular weight excluding hydrogens is 250 g/mol. The molecule has 0 saturated carbocycles. The topological polar surface area (TPSA) is 71.8 Å². The van der Waals surface area contributed by atoms with Crippen LogP contribution in [0.4, 0.5) is 5.82 Å². The van der Waals surface area contributed by atoms with Gasteiger partial charge in [0, 0.05) is 5.33 Å². The van der Waals surface area contributed by atoms with E-state index >= 15 is 0 Å². The Balaban J connectivity index is 0.000000255. The van der Waals surface area contributed by atoms with Crippen LogP contribution < -0.4 is 0 Å². The molecule has 0 aromatic carbocycles. The van der Waals surface area contributed by atoms with Gasteiger partial charge >= 0.3 is 5.82 Å². The first-order valence-corrected chi connectivity index (χ1v) is 5.54. The molecule has 5 nitrogen and oxygen atoms in total. The van der Waals surface area contributed by atoms with Gasteiger partial charge in [0.15, 0.2) is 0 Å². The number of rotatable bonds is 4. The van der Waals surface area contributed by atoms with Crippen molar-refractivity contribution in [2.75, 3.05) is 5.33 Å². The summed E-state index contributed by atoms with van der Waals surface area (Å²) >= 11 is 3.35. The molecule has 0 spiro atoms. The molecule has 6 heteroatoms. The van der Waals surface area contributed by atoms with Crippen molar-refractivity contribution in [3.8, 4) is 0 Å². The van der Waals surface area contributed by atoms with Gasteiger partial charge in [-0.1, -0.05) is 40.8 Å². The van der Waals surface area contributed by atoms with E-state index in [2.05, 4.69) is 33.1 Å². The molecule has 0 saturated heterocycles. The fourth-order valence-electron chi connectivity index (χ4n) is 0.695. The van der Waals surface area contributed by atoms with Crippen molar-refractivity contribution >= 4 is 21.7 Å². The van der Waals surface area contributed by atoms with Crippen LogP contribution in [0.25, 0.3) is 0 Å². The standard InChI is InChI=1S/C5H11Br.C3H3N3O2/c1-2-3-4-5-6;7-6(8)3-1-2-4-5-3/h2-5H2,1H3;1-2H,(H,4,5). The molecule has 1 rings (SSSR count). The van der Waals surface area contributed by atoms with Crippen LogP contribution in [-0.4, -0.2) is 20.5 Å². The fourth-order valence-corrected chi connectivity index (χ4v) is 1.09. The van der Waals surface area contributed by atoms with Crippen molar-refractivity contribution in [1.82, 2.24) is 10.2 Å². The molecule has 1 N–H and O–H groups in total. The largest absolute Gasteiger partial charge is 0.358 e. The maximum Gasteiger partial charge on any atom is 0.342 e. The molecule has 0 aliphatic rings. The summed E-state index contributed by atoms with van der Waals surface area (Å²) in [6.45, 7) is 2.21. The zero-order valence-corrected chi connectivity index (χ0v) is 9.66. The van der Waals surface area contributed by atoms with Crippen molar-refractivity contribution in [3.05, 3.63) is 22.4 Å². The molecule has 0 aliphatic heterocycles. The predicted molar refractivity (Wildman–Crippen MR) is 58.6 cm³/mol. The van der Waals surface area contributed by atoms with Crippen molar-refractivity contribution in [2.24, 2.45) is 0 Å². The first kappa shape index (κ1) is 13.1. The first-order valence-electron chi connectivity index (χ1n) is 4.42. The van der Waals surface area contributed by atoms with Crippen LogP contribution in [-0.2, 0) is 0 Å². The van der Waals surface area contributed by atoms with E-state index in [-0.39, 0.29) is 5.82 Å². The van der Waals surface area contributed by atoms with Crippen molar-refractivity contribution < 1.29 is 4.92 Å². The number of H-pyrrole nitrogens is 1. The van der Waals surface area contributed by atoms with Crippen LogP contribution in [0.3, 0.4) is 0 Å². The van der Waals surface area contributed by atoms with Gasteiger partial charge in [-0.2, -0.15) is 0 Å². The molecule has 0 unspecified atom stereocenters. The number of hydrogen-bond donors (Lipinski definition) is 1. The Kier molecular flexibility index (Phi) is 8.11. The lowest BCUT2D eigenvalue weighted by atomic mass is 10.3. The normalized spacial score (nSPS) is 9.00. The van der Waals surface area contributed by atoms with Gasteiger partial charge in [0.05, 0.1) is 12.3 Å². The summed E-state index contributed by atoms with van der Waals surface area (Å²) in [7, 11) is 0. The monoisotopic (exact) mass is 263 g/mol. The Morgan fingerprint density at radius 2 is 2.36 bits per heavy atom. The second-order valence-corrected chi connectivity index (χ2v) is 3.39. The fraction of sp³-hybridized carbons (Fsp3) is 0.625. The van der Waals surface area contributed by atoms with Crippen LogP contribution in [0.15, 0.2) is 12.3 Å². The summed E-state index contributed by atoms with van der Waals surface area (Å²) in [6, 6.07) is 1.29. The third-order valence-corrected chi connectivity index (χ3v) is 1.98. The third kappa shape index (κ3) is 6.59. The Hall–Kier alpha value is -0.910. The van der Waals surface area contributed by atoms with Gasteiger partial charge in [-0.25, -0.2) is 0 Å². The summed E-state index contributed by atoms with van der Waals surface area (Å²) in [5, 5.41) is 16.5. The molecular formula is C8H14BrN3O2. The molecule has 1 aromatic heterocycles. The highest BCUT2D eigenvalue weighted by Crippen LogP contribution is 2.00. The summed E-state index contributed by atoms with van der Waals surface area (Å²) in [5.41, 5.74) is 0. The Morgan fingerprint density at radius 1 is 1.64 bits per heavy atom. The Labute approximate surface area is 91.2 Å². The van der Waals surface area contributed by atoms with Crippen molar-refractivity contribution in [3.63, 3.8) is 0 Å². The molecule has 1 heterocycles. The summed E-state index contributed by atoms with van der Waals surface area (Å²) in [5.74, 6) is -0.0787. The van der Waals surface area contributed by atoms with Crippen LogP contribution in [0.1, 0.15) is 26.2 Å². The Morgan fingerprint density at radius 3 is 2.57 bits per heavy atom. The van der Waals surface area contributed by atoms with Crippen LogP contribution in [0.2, 0.25) is 0 Å². The summed E-state index contributed by atoms with van der Waals surface area (Å²) < 4.78 is 0. The minimum atomic E-state index is -0.535. The number of aromatic amines is 1. The van der Waals surface area contributed by atoms with E-state index < -0.39 is 4.92 Å². The van der Waals surface area contributed by atoms with E-state index in [0.29, 0.717) is 0 Å². The number of aromatic nitrogens is 2. The molecule has 0 aliphatic carbocycles. The molecule has 0 fully saturated rings. The van der Waals surface area contributed by atoms with E-state index in [1.807, 2.05) is 0 Å². The van der Waals surface area contributed by atoms with E-state index in [1.165, 1.54) is 36.9 Å². The number of nitrogens with zero attached hydrogens (tertiary/aromatic N) is 2. The molecule has 1 aromatic rings. The highest BCUT2D eigenvalue weighted by atomic mass is 79.9. The van der Waals surface area contributed by atoms with Crippen LogP contribution in [0, 0.1) is 10.1 Å². The van der Waals surface area contributed by atoms with E-state index in [1.54, 1.807) is 0 Å². The molecule has 14 heavy (non-hydrogen) atoms. The number of hydrogen-bond acceptors (Lipinski definition) is 3. The second kappa shape index (κ2) is 8.68. The Bertz CT molecular complexity index is 235. The van der Waals surface area contributed by atoms with Crippen molar-refractivity contribution in [1.29, 1.82) is 0 Å². The number of nitrogens with one attached hydrogen (secondary N) is 1. The lowest BCUT2D eigenvalue weighted by Gasteiger charge is -1.85. The van der Waals surface area contributed by atoms with Gasteiger partial charge < -0.3 is 10.1 Å². The molecule has 0 amide bonds. The van der Waals surface area contributed by atoms with Crippen molar-refractivity contribution in [2.45, 2.75) is 26.2 Å². The first-order chi connectivity index (χ1) is 6.72. The van der Waals surface area contributed by atoms with E-state index in [4.69, 9.17) is 0 Å². The predicted octanol–water partition coefficient (Wildman–Crippen LogP) is 2.89. The zero-order chi connectivity index (χ0) is 10.8. The highest BCUT2D eigenvalue weighted by Gasteiger charge is 1.99. The minimum Gasteiger partial charge on any atom is -0.358 e. The number of unbranched alkanes of at least 4 members (excludes halogenated alkanes) is 2. The minimum absolute atomic E-state index is 0.0787. The van der Waals surface area contributed by atoms with Gasteiger partial charge in [-0.05, 0) is 11.3 Å². The molecule has 80 valence electrons. The quantitative estimate of drug-likeness (QED) is 0.393. The maximum absolute atomic E-state index is 9.80.